The normalized spacial score (nSPS) is 12.1. The molecule has 0 saturated carbocycles. The van der Waals surface area contributed by atoms with Crippen LogP contribution in [0.1, 0.15) is 33.3 Å². The van der Waals surface area contributed by atoms with Gasteiger partial charge in [0.25, 0.3) is 5.56 Å². The molecular weight excluding hydrogens is 368 g/mol. The van der Waals surface area contributed by atoms with Crippen LogP contribution in [0.4, 0.5) is 0 Å². The largest absolute Gasteiger partial charge is 0.469 e. The molecule has 3 aromatic rings. The van der Waals surface area contributed by atoms with E-state index in [1.54, 1.807) is 37.3 Å². The number of thiophene rings is 1. The summed E-state index contributed by atoms with van der Waals surface area (Å²) in [5.74, 6) is -1.19. The van der Waals surface area contributed by atoms with Gasteiger partial charge in [-0.15, -0.1) is 11.3 Å². The molecule has 7 nitrogen and oxygen atoms in total. The topological polar surface area (TPSA) is 98.2 Å². The SMILES string of the molecule is COC(=O)CC(C(=O)c1ccccc1)n1c(=O)[nH]c2sc(C)c(C)c2c1=O. The van der Waals surface area contributed by atoms with Crippen LogP contribution in [0.3, 0.4) is 0 Å². The van der Waals surface area contributed by atoms with Crippen LogP contribution in [0.25, 0.3) is 10.2 Å². The van der Waals surface area contributed by atoms with Gasteiger partial charge < -0.3 is 4.74 Å². The van der Waals surface area contributed by atoms with Crippen LogP contribution in [0.5, 0.6) is 0 Å². The summed E-state index contributed by atoms with van der Waals surface area (Å²) in [6, 6.07) is 6.94. The van der Waals surface area contributed by atoms with Crippen molar-refractivity contribution in [2.45, 2.75) is 26.3 Å². The summed E-state index contributed by atoms with van der Waals surface area (Å²) >= 11 is 1.31. The van der Waals surface area contributed by atoms with Gasteiger partial charge in [0.15, 0.2) is 5.78 Å². The van der Waals surface area contributed by atoms with Crippen LogP contribution >= 0.6 is 11.3 Å². The van der Waals surface area contributed by atoms with Crippen LogP contribution in [-0.4, -0.2) is 28.4 Å². The molecule has 1 aromatic carbocycles. The van der Waals surface area contributed by atoms with Crippen molar-refractivity contribution in [3.8, 4) is 0 Å². The predicted molar refractivity (Wildman–Crippen MR) is 103 cm³/mol. The molecule has 140 valence electrons. The second-order valence-electron chi connectivity index (χ2n) is 6.12. The number of nitrogens with one attached hydrogen (secondary N) is 1. The van der Waals surface area contributed by atoms with E-state index in [0.29, 0.717) is 15.8 Å². The Morgan fingerprint density at radius 1 is 1.19 bits per heavy atom. The number of aromatic amines is 1. The van der Waals surface area contributed by atoms with Crippen LogP contribution in [0.2, 0.25) is 0 Å². The molecule has 0 radical (unpaired) electrons. The Labute approximate surface area is 158 Å². The molecule has 0 bridgehead atoms. The molecule has 2 heterocycles. The number of carbonyl (C=O) groups is 2. The molecule has 8 heteroatoms. The molecule has 1 unspecified atom stereocenters. The fourth-order valence-corrected chi connectivity index (χ4v) is 4.01. The van der Waals surface area contributed by atoms with Gasteiger partial charge in [0, 0.05) is 10.4 Å². The number of fused-ring (bicyclic) bond motifs is 1. The lowest BCUT2D eigenvalue weighted by atomic mass is 10.0. The number of ketones is 1. The molecule has 3 rings (SSSR count). The van der Waals surface area contributed by atoms with Gasteiger partial charge in [0.05, 0.1) is 18.9 Å². The summed E-state index contributed by atoms with van der Waals surface area (Å²) in [7, 11) is 1.19. The number of benzene rings is 1. The molecule has 1 N–H and O–H groups in total. The third-order valence-corrected chi connectivity index (χ3v) is 5.64. The van der Waals surface area contributed by atoms with E-state index in [4.69, 9.17) is 0 Å². The number of aryl methyl sites for hydroxylation is 2. The van der Waals surface area contributed by atoms with Crippen LogP contribution < -0.4 is 11.2 Å². The molecule has 0 saturated heterocycles. The zero-order valence-electron chi connectivity index (χ0n) is 15.1. The van der Waals surface area contributed by atoms with E-state index >= 15 is 0 Å². The van der Waals surface area contributed by atoms with Crippen molar-refractivity contribution in [1.29, 1.82) is 0 Å². The Kier molecular flexibility index (Phi) is 5.09. The number of Topliss-reactive ketones (excluding diaryl/α,β-unsaturated/α-hetero) is 1. The number of rotatable bonds is 5. The number of hydrogen-bond acceptors (Lipinski definition) is 6. The summed E-state index contributed by atoms with van der Waals surface area (Å²) in [4.78, 5) is 54.6. The minimum Gasteiger partial charge on any atom is -0.469 e. The smallest absolute Gasteiger partial charge is 0.330 e. The number of aromatic nitrogens is 2. The van der Waals surface area contributed by atoms with E-state index in [1.165, 1.54) is 18.4 Å². The second-order valence-corrected chi connectivity index (χ2v) is 7.34. The fraction of sp³-hybridized carbons (Fsp3) is 0.263. The third kappa shape index (κ3) is 3.35. The second kappa shape index (κ2) is 7.32. The Morgan fingerprint density at radius 3 is 2.48 bits per heavy atom. The maximum Gasteiger partial charge on any atom is 0.330 e. The number of methoxy groups -OCH3 is 1. The summed E-state index contributed by atoms with van der Waals surface area (Å²) in [5, 5.41) is 0.354. The van der Waals surface area contributed by atoms with E-state index < -0.39 is 35.5 Å². The predicted octanol–water partition coefficient (Wildman–Crippen LogP) is 2.36. The molecule has 0 fully saturated rings. The van der Waals surface area contributed by atoms with Crippen molar-refractivity contribution >= 4 is 33.3 Å². The highest BCUT2D eigenvalue weighted by Crippen LogP contribution is 2.26. The average molecular weight is 386 g/mol. The van der Waals surface area contributed by atoms with Gasteiger partial charge in [0.1, 0.15) is 10.9 Å². The van der Waals surface area contributed by atoms with Crippen LogP contribution in [0.15, 0.2) is 39.9 Å². The highest BCUT2D eigenvalue weighted by Gasteiger charge is 2.29. The third-order valence-electron chi connectivity index (χ3n) is 4.52. The van der Waals surface area contributed by atoms with E-state index in [-0.39, 0.29) is 0 Å². The minimum atomic E-state index is -1.29. The number of hydrogen-bond donors (Lipinski definition) is 1. The van der Waals surface area contributed by atoms with Crippen molar-refractivity contribution < 1.29 is 14.3 Å². The van der Waals surface area contributed by atoms with Crippen LogP contribution in [0, 0.1) is 13.8 Å². The molecule has 0 amide bonds. The van der Waals surface area contributed by atoms with Gasteiger partial charge in [-0.3, -0.25) is 19.4 Å². The first-order valence-electron chi connectivity index (χ1n) is 8.25. The van der Waals surface area contributed by atoms with Gasteiger partial charge in [-0.2, -0.15) is 0 Å². The lowest BCUT2D eigenvalue weighted by molar-refractivity contribution is -0.141. The van der Waals surface area contributed by atoms with Crippen molar-refractivity contribution in [2.24, 2.45) is 0 Å². The van der Waals surface area contributed by atoms with Gasteiger partial charge in [0.2, 0.25) is 0 Å². The molecule has 1 atom stereocenters. The molecular formula is C19H18N2O5S. The summed E-state index contributed by atoms with van der Waals surface area (Å²) < 4.78 is 5.49. The maximum atomic E-state index is 13.1. The lowest BCUT2D eigenvalue weighted by Gasteiger charge is -2.17. The molecule has 2 aromatic heterocycles. The number of esters is 1. The Balaban J connectivity index is 2.25. The minimum absolute atomic E-state index is 0.302. The fourth-order valence-electron chi connectivity index (χ4n) is 2.96. The van der Waals surface area contributed by atoms with Gasteiger partial charge >= 0.3 is 11.7 Å². The van der Waals surface area contributed by atoms with Gasteiger partial charge in [-0.25, -0.2) is 9.36 Å². The lowest BCUT2D eigenvalue weighted by Crippen LogP contribution is -2.41. The molecule has 0 aliphatic heterocycles. The first kappa shape index (κ1) is 18.8. The Bertz CT molecular complexity index is 1140. The first-order valence-corrected chi connectivity index (χ1v) is 9.07. The number of ether oxygens (including phenoxy) is 1. The summed E-state index contributed by atoms with van der Waals surface area (Å²) in [5.41, 5.74) is -0.272. The van der Waals surface area contributed by atoms with Gasteiger partial charge in [-0.05, 0) is 19.4 Å². The number of carbonyl (C=O) groups excluding carboxylic acids is 2. The van der Waals surface area contributed by atoms with Crippen molar-refractivity contribution in [3.63, 3.8) is 0 Å². The highest BCUT2D eigenvalue weighted by atomic mass is 32.1. The molecule has 27 heavy (non-hydrogen) atoms. The Morgan fingerprint density at radius 2 is 1.85 bits per heavy atom. The van der Waals surface area contributed by atoms with Crippen molar-refractivity contribution in [1.82, 2.24) is 9.55 Å². The zero-order chi connectivity index (χ0) is 19.7. The molecule has 0 aliphatic carbocycles. The standard InChI is InChI=1S/C19H18N2O5S/c1-10-11(2)27-17-15(10)18(24)21(19(25)20-17)13(9-14(22)26-3)16(23)12-7-5-4-6-8-12/h4-8,13H,9H2,1-3H3,(H,20,25). The van der Waals surface area contributed by atoms with E-state index in [0.717, 1.165) is 15.0 Å². The van der Waals surface area contributed by atoms with E-state index in [1.807, 2.05) is 6.92 Å². The van der Waals surface area contributed by atoms with Crippen molar-refractivity contribution in [3.05, 3.63) is 67.2 Å². The van der Waals surface area contributed by atoms with Crippen LogP contribution in [-0.2, 0) is 9.53 Å². The monoisotopic (exact) mass is 386 g/mol. The molecule has 0 aliphatic rings. The van der Waals surface area contributed by atoms with E-state index in [9.17, 15) is 19.2 Å². The summed E-state index contributed by atoms with van der Waals surface area (Å²) in [6.07, 6.45) is -0.416. The first-order chi connectivity index (χ1) is 12.8. The quantitative estimate of drug-likeness (QED) is 0.536. The maximum absolute atomic E-state index is 13.1. The molecule has 0 spiro atoms. The average Bonchev–Trinajstić information content (AvgIpc) is 2.94. The summed E-state index contributed by atoms with van der Waals surface area (Å²) in [6.45, 7) is 3.63. The number of nitrogens with zero attached hydrogens (tertiary/aromatic N) is 1. The highest BCUT2D eigenvalue weighted by molar-refractivity contribution is 7.18. The zero-order valence-corrected chi connectivity index (χ0v) is 15.9. The van der Waals surface area contributed by atoms with Crippen molar-refractivity contribution in [2.75, 3.05) is 7.11 Å². The Hall–Kier alpha value is -3.00. The van der Waals surface area contributed by atoms with Gasteiger partial charge in [-0.1, -0.05) is 30.3 Å². The number of H-pyrrole nitrogens is 1. The van der Waals surface area contributed by atoms with E-state index in [2.05, 4.69) is 9.72 Å².